The number of benzene rings is 2. The third kappa shape index (κ3) is 3.91. The van der Waals surface area contributed by atoms with Crippen molar-refractivity contribution in [2.24, 2.45) is 4.99 Å². The van der Waals surface area contributed by atoms with Crippen molar-refractivity contribution in [3.63, 3.8) is 0 Å². The van der Waals surface area contributed by atoms with Crippen molar-refractivity contribution < 1.29 is 13.2 Å². The van der Waals surface area contributed by atoms with Crippen LogP contribution in [0.25, 0.3) is 10.2 Å². The highest BCUT2D eigenvalue weighted by Crippen LogP contribution is 2.39. The van der Waals surface area contributed by atoms with Gasteiger partial charge in [0.05, 0.1) is 26.3 Å². The van der Waals surface area contributed by atoms with Crippen LogP contribution in [0, 0.1) is 0 Å². The van der Waals surface area contributed by atoms with Crippen LogP contribution in [0.2, 0.25) is 0 Å². The van der Waals surface area contributed by atoms with E-state index in [9.17, 15) is 13.2 Å². The lowest BCUT2D eigenvalue weighted by Crippen LogP contribution is -2.23. The first-order valence-corrected chi connectivity index (χ1v) is 12.1. The molecule has 5 rings (SSSR count). The highest BCUT2D eigenvalue weighted by atomic mass is 32.2. The molecule has 0 saturated heterocycles. The molecule has 1 unspecified atom stereocenters. The standard InChI is InChI=1S/C22H17N5O3S2/c28-22-17(20-18(27-22)5-6-19-21(20)31-13-25-19)12-24-15-1-3-16(4-2-15)32(29,30)26-11-14-7-9-23-10-8-14/h1-10,12-13,17,26H,11H2,(H,27,28). The Morgan fingerprint density at radius 3 is 2.66 bits per heavy atom. The Kier molecular flexibility index (Phi) is 5.25. The topological polar surface area (TPSA) is 113 Å². The number of carbonyl (C=O) groups excluding carboxylic acids is 1. The Labute approximate surface area is 188 Å². The molecule has 8 nitrogen and oxygen atoms in total. The van der Waals surface area contributed by atoms with Gasteiger partial charge in [0.15, 0.2) is 0 Å². The van der Waals surface area contributed by atoms with Crippen molar-refractivity contribution in [2.45, 2.75) is 17.4 Å². The van der Waals surface area contributed by atoms with E-state index in [2.05, 4.69) is 25.0 Å². The minimum absolute atomic E-state index is 0.140. The van der Waals surface area contributed by atoms with Crippen LogP contribution in [0.4, 0.5) is 11.4 Å². The second kappa shape index (κ2) is 8.23. The average Bonchev–Trinajstić information content (AvgIpc) is 3.41. The van der Waals surface area contributed by atoms with E-state index in [1.807, 2.05) is 12.1 Å². The number of fused-ring (bicyclic) bond motifs is 3. The van der Waals surface area contributed by atoms with E-state index in [4.69, 9.17) is 0 Å². The fourth-order valence-corrected chi connectivity index (χ4v) is 5.38. The Bertz CT molecular complexity index is 1430. The van der Waals surface area contributed by atoms with E-state index in [1.54, 1.807) is 48.4 Å². The van der Waals surface area contributed by atoms with Gasteiger partial charge in [-0.15, -0.1) is 11.3 Å². The van der Waals surface area contributed by atoms with Crippen molar-refractivity contribution in [1.29, 1.82) is 0 Å². The number of aliphatic imine (C=N–C) groups is 1. The zero-order valence-electron chi connectivity index (χ0n) is 16.6. The summed E-state index contributed by atoms with van der Waals surface area (Å²) < 4.78 is 28.6. The van der Waals surface area contributed by atoms with Crippen LogP contribution in [0.3, 0.4) is 0 Å². The molecule has 1 aliphatic heterocycles. The van der Waals surface area contributed by atoms with Crippen molar-refractivity contribution >= 4 is 55.1 Å². The van der Waals surface area contributed by atoms with Crippen LogP contribution < -0.4 is 10.0 Å². The fraction of sp³-hybridized carbons (Fsp3) is 0.0909. The number of aromatic nitrogens is 2. The Morgan fingerprint density at radius 1 is 1.09 bits per heavy atom. The lowest BCUT2D eigenvalue weighted by molar-refractivity contribution is -0.115. The molecule has 160 valence electrons. The number of amides is 1. The van der Waals surface area contributed by atoms with Crippen LogP contribution in [0.1, 0.15) is 17.0 Å². The Hall–Kier alpha value is -3.47. The predicted molar refractivity (Wildman–Crippen MR) is 124 cm³/mol. The molecule has 3 heterocycles. The molecule has 0 spiro atoms. The maximum Gasteiger partial charge on any atom is 0.240 e. The van der Waals surface area contributed by atoms with Gasteiger partial charge in [0, 0.05) is 36.4 Å². The first kappa shape index (κ1) is 20.4. The van der Waals surface area contributed by atoms with Gasteiger partial charge >= 0.3 is 0 Å². The first-order valence-electron chi connectivity index (χ1n) is 9.71. The highest BCUT2D eigenvalue weighted by molar-refractivity contribution is 7.89. The molecule has 2 N–H and O–H groups in total. The summed E-state index contributed by atoms with van der Waals surface area (Å²) in [5.41, 5.74) is 5.61. The normalized spacial score (nSPS) is 15.9. The van der Waals surface area contributed by atoms with Crippen LogP contribution in [0.15, 0.2) is 76.3 Å². The molecule has 4 aromatic rings. The van der Waals surface area contributed by atoms with Gasteiger partial charge in [-0.3, -0.25) is 14.8 Å². The van der Waals surface area contributed by atoms with Gasteiger partial charge in [0.25, 0.3) is 0 Å². The van der Waals surface area contributed by atoms with E-state index >= 15 is 0 Å². The summed E-state index contributed by atoms with van der Waals surface area (Å²) in [4.78, 5) is 25.3. The summed E-state index contributed by atoms with van der Waals surface area (Å²) in [6, 6.07) is 13.4. The fourth-order valence-electron chi connectivity index (χ4n) is 3.49. The zero-order chi connectivity index (χ0) is 22.1. The van der Waals surface area contributed by atoms with Gasteiger partial charge < -0.3 is 5.32 Å². The minimum Gasteiger partial charge on any atom is -0.325 e. The summed E-state index contributed by atoms with van der Waals surface area (Å²) in [5.74, 6) is -0.677. The zero-order valence-corrected chi connectivity index (χ0v) is 18.2. The van der Waals surface area contributed by atoms with Gasteiger partial charge in [-0.05, 0) is 54.1 Å². The maximum atomic E-state index is 12.5. The summed E-state index contributed by atoms with van der Waals surface area (Å²) in [5, 5.41) is 2.88. The van der Waals surface area contributed by atoms with E-state index in [0.29, 0.717) is 5.69 Å². The molecule has 1 atom stereocenters. The molecule has 0 aliphatic carbocycles. The number of pyridine rings is 1. The number of nitrogens with one attached hydrogen (secondary N) is 2. The number of hydrogen-bond donors (Lipinski definition) is 2. The largest absolute Gasteiger partial charge is 0.325 e. The van der Waals surface area contributed by atoms with E-state index < -0.39 is 15.9 Å². The number of carbonyl (C=O) groups is 1. The second-order valence-corrected chi connectivity index (χ2v) is 9.77. The van der Waals surface area contributed by atoms with E-state index in [0.717, 1.165) is 27.0 Å². The third-order valence-electron chi connectivity index (χ3n) is 5.12. The number of rotatable bonds is 6. The quantitative estimate of drug-likeness (QED) is 0.424. The molecule has 0 fully saturated rings. The first-order chi connectivity index (χ1) is 15.5. The molecule has 2 aromatic heterocycles. The minimum atomic E-state index is -3.66. The molecular weight excluding hydrogens is 446 g/mol. The molecule has 2 aromatic carbocycles. The molecule has 0 radical (unpaired) electrons. The van der Waals surface area contributed by atoms with Crippen molar-refractivity contribution in [2.75, 3.05) is 5.32 Å². The van der Waals surface area contributed by atoms with E-state index in [-0.39, 0.29) is 17.3 Å². The van der Waals surface area contributed by atoms with Crippen LogP contribution in [0.5, 0.6) is 0 Å². The number of nitrogens with zero attached hydrogens (tertiary/aromatic N) is 3. The predicted octanol–water partition coefficient (Wildman–Crippen LogP) is 3.61. The van der Waals surface area contributed by atoms with Gasteiger partial charge in [0.2, 0.25) is 15.9 Å². The summed E-state index contributed by atoms with van der Waals surface area (Å²) in [7, 11) is -3.66. The van der Waals surface area contributed by atoms with Crippen molar-refractivity contribution in [3.8, 4) is 0 Å². The second-order valence-electron chi connectivity index (χ2n) is 7.15. The van der Waals surface area contributed by atoms with Crippen molar-refractivity contribution in [1.82, 2.24) is 14.7 Å². The monoisotopic (exact) mass is 463 g/mol. The Balaban J connectivity index is 1.33. The Morgan fingerprint density at radius 2 is 1.88 bits per heavy atom. The lowest BCUT2D eigenvalue weighted by Gasteiger charge is -2.07. The lowest BCUT2D eigenvalue weighted by atomic mass is 10.0. The summed E-state index contributed by atoms with van der Waals surface area (Å²) in [6.07, 6.45) is 4.81. The highest BCUT2D eigenvalue weighted by Gasteiger charge is 2.31. The molecule has 32 heavy (non-hydrogen) atoms. The van der Waals surface area contributed by atoms with Gasteiger partial charge in [-0.25, -0.2) is 18.1 Å². The summed E-state index contributed by atoms with van der Waals surface area (Å²) >= 11 is 1.49. The molecule has 0 bridgehead atoms. The number of thiazole rings is 1. The average molecular weight is 464 g/mol. The number of hydrogen-bond acceptors (Lipinski definition) is 7. The molecule has 1 amide bonds. The van der Waals surface area contributed by atoms with Crippen LogP contribution >= 0.6 is 11.3 Å². The molecule has 1 aliphatic rings. The SMILES string of the molecule is O=C1Nc2ccc3ncsc3c2C1C=Nc1ccc(S(=O)(=O)NCc2ccncc2)cc1. The smallest absolute Gasteiger partial charge is 0.240 e. The van der Waals surface area contributed by atoms with Gasteiger partial charge in [-0.1, -0.05) is 0 Å². The van der Waals surface area contributed by atoms with Crippen LogP contribution in [-0.4, -0.2) is 30.5 Å². The number of anilines is 1. The molecule has 0 saturated carbocycles. The van der Waals surface area contributed by atoms with Gasteiger partial charge in [0.1, 0.15) is 5.92 Å². The number of sulfonamides is 1. The molecular formula is C22H17N5O3S2. The van der Waals surface area contributed by atoms with Crippen LogP contribution in [-0.2, 0) is 21.4 Å². The van der Waals surface area contributed by atoms with E-state index in [1.165, 1.54) is 23.5 Å². The van der Waals surface area contributed by atoms with Crippen molar-refractivity contribution in [3.05, 3.63) is 77.6 Å². The van der Waals surface area contributed by atoms with Gasteiger partial charge in [-0.2, -0.15) is 0 Å². The third-order valence-corrected chi connectivity index (χ3v) is 7.42. The molecule has 10 heteroatoms. The summed E-state index contributed by atoms with van der Waals surface area (Å²) in [6.45, 7) is 0.174. The maximum absolute atomic E-state index is 12.5.